The maximum absolute atomic E-state index is 5.18. The van der Waals surface area contributed by atoms with Crippen LogP contribution in [0, 0.1) is 26.2 Å². The van der Waals surface area contributed by atoms with E-state index in [9.17, 15) is 0 Å². The van der Waals surface area contributed by atoms with Gasteiger partial charge in [0.25, 0.3) is 0 Å². The molecule has 0 atom stereocenters. The van der Waals surface area contributed by atoms with E-state index < -0.39 is 0 Å². The van der Waals surface area contributed by atoms with Crippen LogP contribution in [0.4, 0.5) is 5.69 Å². The molecule has 0 radical (unpaired) electrons. The van der Waals surface area contributed by atoms with Crippen molar-refractivity contribution in [1.29, 1.82) is 0 Å². The summed E-state index contributed by atoms with van der Waals surface area (Å²) in [5.41, 5.74) is 3.77. The van der Waals surface area contributed by atoms with E-state index in [1.807, 2.05) is 0 Å². The summed E-state index contributed by atoms with van der Waals surface area (Å²) in [5, 5.41) is 3.34. The highest BCUT2D eigenvalue weighted by Gasteiger charge is 1.99. The topological polar surface area (TPSA) is 12.0 Å². The molecular formula is C12H15N. The predicted octanol–water partition coefficient (Wildman–Crippen LogP) is 2.74. The Hall–Kier alpha value is -1.42. The molecule has 1 aromatic rings. The van der Waals surface area contributed by atoms with Gasteiger partial charge in [0.1, 0.15) is 0 Å². The molecule has 0 saturated heterocycles. The minimum atomic E-state index is 0.772. The van der Waals surface area contributed by atoms with Crippen LogP contribution >= 0.6 is 0 Å². The average molecular weight is 173 g/mol. The lowest BCUT2D eigenvalue weighted by atomic mass is 10.1. The minimum Gasteiger partial charge on any atom is -0.384 e. The van der Waals surface area contributed by atoms with Gasteiger partial charge in [0.05, 0.1) is 0 Å². The average Bonchev–Trinajstić information content (AvgIpc) is 2.10. The van der Waals surface area contributed by atoms with Crippen LogP contribution in [-0.4, -0.2) is 6.54 Å². The quantitative estimate of drug-likeness (QED) is 0.547. The summed E-state index contributed by atoms with van der Waals surface area (Å²) in [6.07, 6.45) is 5.95. The van der Waals surface area contributed by atoms with E-state index >= 15 is 0 Å². The SMILES string of the molecule is C#CCCNc1c(C)cccc1C. The molecule has 0 saturated carbocycles. The van der Waals surface area contributed by atoms with E-state index in [1.165, 1.54) is 16.8 Å². The second-order valence-electron chi connectivity index (χ2n) is 3.15. The molecule has 13 heavy (non-hydrogen) atoms. The van der Waals surface area contributed by atoms with Crippen LogP contribution in [0.15, 0.2) is 18.2 Å². The van der Waals surface area contributed by atoms with Crippen molar-refractivity contribution in [3.63, 3.8) is 0 Å². The third-order valence-corrected chi connectivity index (χ3v) is 2.05. The van der Waals surface area contributed by atoms with Crippen LogP contribution < -0.4 is 5.32 Å². The smallest absolute Gasteiger partial charge is 0.0399 e. The summed E-state index contributed by atoms with van der Waals surface area (Å²) in [4.78, 5) is 0. The Bertz CT molecular complexity index is 300. The predicted molar refractivity (Wildman–Crippen MR) is 57.9 cm³/mol. The molecule has 1 rings (SSSR count). The molecule has 1 heteroatoms. The lowest BCUT2D eigenvalue weighted by Gasteiger charge is -2.10. The van der Waals surface area contributed by atoms with E-state index in [0.29, 0.717) is 0 Å². The second kappa shape index (κ2) is 4.57. The van der Waals surface area contributed by atoms with Crippen molar-refractivity contribution in [2.75, 3.05) is 11.9 Å². The van der Waals surface area contributed by atoms with Gasteiger partial charge in [0.2, 0.25) is 0 Å². The molecule has 0 heterocycles. The number of anilines is 1. The van der Waals surface area contributed by atoms with Crippen LogP contribution in [0.25, 0.3) is 0 Å². The molecule has 0 fully saturated rings. The third kappa shape index (κ3) is 2.52. The summed E-state index contributed by atoms with van der Waals surface area (Å²) in [7, 11) is 0. The number of terminal acetylenes is 1. The molecule has 0 aliphatic heterocycles. The van der Waals surface area contributed by atoms with Gasteiger partial charge in [-0.1, -0.05) is 18.2 Å². The summed E-state index contributed by atoms with van der Waals surface area (Å²) in [5.74, 6) is 2.61. The fourth-order valence-electron chi connectivity index (χ4n) is 1.35. The van der Waals surface area contributed by atoms with E-state index in [2.05, 4.69) is 43.3 Å². The number of hydrogen-bond donors (Lipinski definition) is 1. The molecule has 68 valence electrons. The Labute approximate surface area is 80.2 Å². The van der Waals surface area contributed by atoms with Crippen molar-refractivity contribution in [3.05, 3.63) is 29.3 Å². The van der Waals surface area contributed by atoms with Crippen molar-refractivity contribution in [2.24, 2.45) is 0 Å². The summed E-state index contributed by atoms with van der Waals surface area (Å²) >= 11 is 0. The number of para-hydroxylation sites is 1. The van der Waals surface area contributed by atoms with E-state index in [0.717, 1.165) is 13.0 Å². The summed E-state index contributed by atoms with van der Waals surface area (Å²) < 4.78 is 0. The summed E-state index contributed by atoms with van der Waals surface area (Å²) in [6, 6.07) is 6.27. The van der Waals surface area contributed by atoms with Gasteiger partial charge in [0.15, 0.2) is 0 Å². The Balaban J connectivity index is 2.71. The first-order valence-electron chi connectivity index (χ1n) is 4.49. The Kier molecular flexibility index (Phi) is 3.40. The number of aryl methyl sites for hydroxylation is 2. The van der Waals surface area contributed by atoms with Gasteiger partial charge in [-0.05, 0) is 25.0 Å². The standard InChI is InChI=1S/C12H15N/c1-4-5-9-13-12-10(2)7-6-8-11(12)3/h1,6-8,13H,5,9H2,2-3H3. The lowest BCUT2D eigenvalue weighted by Crippen LogP contribution is -2.03. The van der Waals surface area contributed by atoms with Crippen LogP contribution in [0.5, 0.6) is 0 Å². The maximum atomic E-state index is 5.18. The molecular weight excluding hydrogens is 158 g/mol. The van der Waals surface area contributed by atoms with Gasteiger partial charge in [-0.2, -0.15) is 0 Å². The molecule has 0 aliphatic carbocycles. The zero-order chi connectivity index (χ0) is 9.68. The Morgan fingerprint density at radius 2 is 1.92 bits per heavy atom. The molecule has 0 aliphatic rings. The van der Waals surface area contributed by atoms with Gasteiger partial charge in [-0.3, -0.25) is 0 Å². The van der Waals surface area contributed by atoms with Crippen LogP contribution in [0.2, 0.25) is 0 Å². The largest absolute Gasteiger partial charge is 0.384 e. The van der Waals surface area contributed by atoms with E-state index in [1.54, 1.807) is 0 Å². The number of nitrogens with one attached hydrogen (secondary N) is 1. The molecule has 0 spiro atoms. The van der Waals surface area contributed by atoms with E-state index in [4.69, 9.17) is 6.42 Å². The zero-order valence-corrected chi connectivity index (χ0v) is 8.22. The molecule has 1 aromatic carbocycles. The maximum Gasteiger partial charge on any atom is 0.0399 e. The molecule has 0 unspecified atom stereocenters. The van der Waals surface area contributed by atoms with Crippen LogP contribution in [0.1, 0.15) is 17.5 Å². The third-order valence-electron chi connectivity index (χ3n) is 2.05. The normalized spacial score (nSPS) is 9.31. The molecule has 0 bridgehead atoms. The Morgan fingerprint density at radius 1 is 1.31 bits per heavy atom. The highest BCUT2D eigenvalue weighted by atomic mass is 14.9. The van der Waals surface area contributed by atoms with Crippen molar-refractivity contribution >= 4 is 5.69 Å². The van der Waals surface area contributed by atoms with Crippen molar-refractivity contribution in [1.82, 2.24) is 0 Å². The number of benzene rings is 1. The number of hydrogen-bond acceptors (Lipinski definition) is 1. The van der Waals surface area contributed by atoms with Crippen LogP contribution in [-0.2, 0) is 0 Å². The fourth-order valence-corrected chi connectivity index (χ4v) is 1.35. The molecule has 0 aromatic heterocycles. The van der Waals surface area contributed by atoms with Crippen LogP contribution in [0.3, 0.4) is 0 Å². The molecule has 1 N–H and O–H groups in total. The minimum absolute atomic E-state index is 0.772. The van der Waals surface area contributed by atoms with Gasteiger partial charge in [-0.25, -0.2) is 0 Å². The fraction of sp³-hybridized carbons (Fsp3) is 0.333. The highest BCUT2D eigenvalue weighted by molar-refractivity contribution is 5.56. The van der Waals surface area contributed by atoms with Crippen molar-refractivity contribution < 1.29 is 0 Å². The monoisotopic (exact) mass is 173 g/mol. The van der Waals surface area contributed by atoms with Crippen molar-refractivity contribution in [3.8, 4) is 12.3 Å². The van der Waals surface area contributed by atoms with Gasteiger partial charge >= 0.3 is 0 Å². The van der Waals surface area contributed by atoms with Crippen molar-refractivity contribution in [2.45, 2.75) is 20.3 Å². The Morgan fingerprint density at radius 3 is 2.46 bits per heavy atom. The van der Waals surface area contributed by atoms with Gasteiger partial charge < -0.3 is 5.32 Å². The summed E-state index contributed by atoms with van der Waals surface area (Å²) in [6.45, 7) is 5.05. The second-order valence-corrected chi connectivity index (χ2v) is 3.15. The molecule has 0 amide bonds. The highest BCUT2D eigenvalue weighted by Crippen LogP contribution is 2.18. The van der Waals surface area contributed by atoms with Gasteiger partial charge in [-0.15, -0.1) is 12.3 Å². The van der Waals surface area contributed by atoms with E-state index in [-0.39, 0.29) is 0 Å². The van der Waals surface area contributed by atoms with Gasteiger partial charge in [0, 0.05) is 18.7 Å². The first kappa shape index (κ1) is 9.67. The first-order valence-corrected chi connectivity index (χ1v) is 4.49. The number of rotatable bonds is 3. The zero-order valence-electron chi connectivity index (χ0n) is 8.22. The molecule has 1 nitrogen and oxygen atoms in total. The first-order chi connectivity index (χ1) is 6.25. The lowest BCUT2D eigenvalue weighted by molar-refractivity contribution is 1.09.